The van der Waals surface area contributed by atoms with Crippen LogP contribution in [0.15, 0.2) is 24.3 Å². The molecule has 0 aromatic heterocycles. The molecule has 6 heteroatoms. The van der Waals surface area contributed by atoms with Crippen molar-refractivity contribution in [3.8, 4) is 0 Å². The monoisotopic (exact) mass is 300 g/mol. The minimum Gasteiger partial charge on any atom is -0.362 e. The molecule has 1 aromatic carbocycles. The van der Waals surface area contributed by atoms with Crippen molar-refractivity contribution in [3.05, 3.63) is 29.8 Å². The van der Waals surface area contributed by atoms with Gasteiger partial charge in [-0.25, -0.2) is 5.84 Å². The smallest absolute Gasteiger partial charge is 0.255 e. The molecule has 4 aliphatic rings. The van der Waals surface area contributed by atoms with Crippen LogP contribution in [0.4, 0.5) is 5.69 Å². The van der Waals surface area contributed by atoms with Crippen molar-refractivity contribution in [2.45, 2.75) is 31.3 Å². The molecule has 3 fully saturated rings. The molecule has 6 nitrogen and oxygen atoms in total. The Morgan fingerprint density at radius 2 is 2.09 bits per heavy atom. The number of benzene rings is 1. The lowest BCUT2D eigenvalue weighted by atomic mass is 9.58. The predicted octanol–water partition coefficient (Wildman–Crippen LogP) is 0.964. The van der Waals surface area contributed by atoms with Crippen molar-refractivity contribution < 1.29 is 9.59 Å². The van der Waals surface area contributed by atoms with Crippen LogP contribution in [0.3, 0.4) is 0 Å². The van der Waals surface area contributed by atoms with E-state index in [1.807, 2.05) is 24.3 Å². The van der Waals surface area contributed by atoms with E-state index in [4.69, 9.17) is 5.84 Å². The second kappa shape index (κ2) is 4.71. The normalized spacial score (nSPS) is 35.5. The highest BCUT2D eigenvalue weighted by Crippen LogP contribution is 2.51. The Balaban J connectivity index is 1.65. The van der Waals surface area contributed by atoms with E-state index < -0.39 is 5.66 Å². The first-order chi connectivity index (χ1) is 10.6. The molecule has 1 heterocycles. The van der Waals surface area contributed by atoms with Gasteiger partial charge in [0.15, 0.2) is 0 Å². The Bertz CT molecular complexity index is 647. The number of hydrazine groups is 1. The molecule has 0 unspecified atom stereocenters. The van der Waals surface area contributed by atoms with Gasteiger partial charge in [-0.3, -0.25) is 15.0 Å². The highest BCUT2D eigenvalue weighted by molar-refractivity contribution is 6.02. The molecular formula is C16H20N4O2. The Labute approximate surface area is 128 Å². The summed E-state index contributed by atoms with van der Waals surface area (Å²) in [5.74, 6) is 5.67. The fraction of sp³-hybridized carbons (Fsp3) is 0.500. The lowest BCUT2D eigenvalue weighted by molar-refractivity contribution is -0.132. The molecule has 5 N–H and O–H groups in total. The molecule has 4 atom stereocenters. The maximum Gasteiger partial charge on any atom is 0.255 e. The standard InChI is InChI=1S/C16H20N4O2/c17-20-15(22)12-7-10-6-5-9(12)8-16(10)18-13-4-2-1-3-11(13)14(21)19-16/h1-4,9-10,12,18H,5-8,17H2,(H,19,21)(H,20,22)/t9-,10-,12+,16+/m1/s1. The number of carbonyl (C=O) groups is 2. The zero-order valence-corrected chi connectivity index (χ0v) is 12.3. The van der Waals surface area contributed by atoms with E-state index >= 15 is 0 Å². The number of rotatable bonds is 1. The molecule has 1 aromatic rings. The number of hydrogen-bond acceptors (Lipinski definition) is 4. The van der Waals surface area contributed by atoms with E-state index in [1.165, 1.54) is 0 Å². The summed E-state index contributed by atoms with van der Waals surface area (Å²) in [7, 11) is 0. The highest BCUT2D eigenvalue weighted by Gasteiger charge is 2.55. The summed E-state index contributed by atoms with van der Waals surface area (Å²) >= 11 is 0. The van der Waals surface area contributed by atoms with Crippen molar-refractivity contribution in [3.63, 3.8) is 0 Å². The largest absolute Gasteiger partial charge is 0.362 e. The van der Waals surface area contributed by atoms with Crippen molar-refractivity contribution in [2.75, 3.05) is 5.32 Å². The maximum absolute atomic E-state index is 12.5. The van der Waals surface area contributed by atoms with Gasteiger partial charge in [0.05, 0.1) is 5.56 Å². The van der Waals surface area contributed by atoms with Crippen molar-refractivity contribution in [1.29, 1.82) is 0 Å². The van der Waals surface area contributed by atoms with Crippen LogP contribution >= 0.6 is 0 Å². The average Bonchev–Trinajstić information content (AvgIpc) is 2.54. The zero-order chi connectivity index (χ0) is 15.3. The minimum absolute atomic E-state index is 0.0262. The van der Waals surface area contributed by atoms with E-state index in [0.29, 0.717) is 5.56 Å². The third kappa shape index (κ3) is 1.83. The molecule has 0 saturated heterocycles. The number of fused-ring (bicyclic) bond motifs is 3. The van der Waals surface area contributed by atoms with Crippen LogP contribution in [0, 0.1) is 17.8 Å². The predicted molar refractivity (Wildman–Crippen MR) is 81.5 cm³/mol. The van der Waals surface area contributed by atoms with Gasteiger partial charge >= 0.3 is 0 Å². The maximum atomic E-state index is 12.5. The molecule has 3 saturated carbocycles. The number of carbonyl (C=O) groups excluding carboxylic acids is 2. The van der Waals surface area contributed by atoms with Crippen LogP contribution in [0.5, 0.6) is 0 Å². The Hall–Kier alpha value is -2.08. The first kappa shape index (κ1) is 13.6. The fourth-order valence-electron chi connectivity index (χ4n) is 4.57. The fourth-order valence-corrected chi connectivity index (χ4v) is 4.57. The molecule has 3 aliphatic carbocycles. The van der Waals surface area contributed by atoms with Gasteiger partial charge in [-0.05, 0) is 43.7 Å². The van der Waals surface area contributed by atoms with Crippen LogP contribution in [-0.4, -0.2) is 17.5 Å². The van der Waals surface area contributed by atoms with Gasteiger partial charge in [-0.1, -0.05) is 12.1 Å². The molecule has 1 aliphatic heterocycles. The van der Waals surface area contributed by atoms with Gasteiger partial charge in [0.25, 0.3) is 5.91 Å². The molecule has 2 bridgehead atoms. The van der Waals surface area contributed by atoms with Crippen molar-refractivity contribution in [1.82, 2.24) is 10.7 Å². The third-order valence-electron chi connectivity index (χ3n) is 5.62. The summed E-state index contributed by atoms with van der Waals surface area (Å²) in [5.41, 5.74) is 3.45. The summed E-state index contributed by atoms with van der Waals surface area (Å²) < 4.78 is 0. The molecule has 2 amide bonds. The van der Waals surface area contributed by atoms with Crippen LogP contribution in [0.25, 0.3) is 0 Å². The van der Waals surface area contributed by atoms with Crippen LogP contribution in [0.2, 0.25) is 0 Å². The Kier molecular flexibility index (Phi) is 2.91. The van der Waals surface area contributed by atoms with Crippen LogP contribution < -0.4 is 21.9 Å². The number of anilines is 1. The lowest BCUT2D eigenvalue weighted by Crippen LogP contribution is -2.68. The molecule has 5 rings (SSSR count). The van der Waals surface area contributed by atoms with Gasteiger partial charge in [0.2, 0.25) is 5.91 Å². The quantitative estimate of drug-likeness (QED) is 0.353. The Morgan fingerprint density at radius 3 is 2.82 bits per heavy atom. The highest BCUT2D eigenvalue weighted by atomic mass is 16.2. The van der Waals surface area contributed by atoms with E-state index in [9.17, 15) is 9.59 Å². The van der Waals surface area contributed by atoms with E-state index in [0.717, 1.165) is 31.4 Å². The van der Waals surface area contributed by atoms with Gasteiger partial charge < -0.3 is 10.6 Å². The number of nitrogens with one attached hydrogen (secondary N) is 3. The van der Waals surface area contributed by atoms with E-state index in [1.54, 1.807) is 0 Å². The topological polar surface area (TPSA) is 96.2 Å². The Morgan fingerprint density at radius 1 is 1.27 bits per heavy atom. The van der Waals surface area contributed by atoms with Crippen molar-refractivity contribution in [2.24, 2.45) is 23.6 Å². The van der Waals surface area contributed by atoms with E-state index in [2.05, 4.69) is 16.1 Å². The van der Waals surface area contributed by atoms with Crippen molar-refractivity contribution >= 4 is 17.5 Å². The summed E-state index contributed by atoms with van der Waals surface area (Å²) in [6.45, 7) is 0. The van der Waals surface area contributed by atoms with Gasteiger partial charge in [0.1, 0.15) is 5.66 Å². The lowest BCUT2D eigenvalue weighted by Gasteiger charge is -2.56. The summed E-state index contributed by atoms with van der Waals surface area (Å²) in [4.78, 5) is 24.4. The first-order valence-electron chi connectivity index (χ1n) is 7.83. The van der Waals surface area contributed by atoms with Gasteiger partial charge in [0, 0.05) is 17.5 Å². The molecular weight excluding hydrogens is 280 g/mol. The molecule has 22 heavy (non-hydrogen) atoms. The second-order valence-corrected chi connectivity index (χ2v) is 6.69. The third-order valence-corrected chi connectivity index (χ3v) is 5.62. The average molecular weight is 300 g/mol. The SMILES string of the molecule is NNC(=O)[C@H]1C[C@H]2CC[C@@H]1C[C@]21NC(=O)c2ccccc2N1. The van der Waals surface area contributed by atoms with E-state index in [-0.39, 0.29) is 29.6 Å². The number of para-hydroxylation sites is 1. The zero-order valence-electron chi connectivity index (χ0n) is 12.3. The minimum atomic E-state index is -0.417. The number of hydrogen-bond donors (Lipinski definition) is 4. The van der Waals surface area contributed by atoms with Crippen LogP contribution in [-0.2, 0) is 4.79 Å². The first-order valence-corrected chi connectivity index (χ1v) is 7.83. The molecule has 116 valence electrons. The van der Waals surface area contributed by atoms with Crippen LogP contribution in [0.1, 0.15) is 36.0 Å². The number of amides is 2. The molecule has 0 radical (unpaired) electrons. The van der Waals surface area contributed by atoms with Gasteiger partial charge in [-0.2, -0.15) is 0 Å². The number of nitrogens with two attached hydrogens (primary N) is 1. The summed E-state index contributed by atoms with van der Waals surface area (Å²) in [6, 6.07) is 7.58. The summed E-state index contributed by atoms with van der Waals surface area (Å²) in [5, 5.41) is 6.74. The van der Waals surface area contributed by atoms with Gasteiger partial charge in [-0.15, -0.1) is 0 Å². The molecule has 1 spiro atoms. The summed E-state index contributed by atoms with van der Waals surface area (Å²) in [6.07, 6.45) is 3.58. The second-order valence-electron chi connectivity index (χ2n) is 6.69.